The maximum atomic E-state index is 6.81. The molecule has 0 saturated heterocycles. The summed E-state index contributed by atoms with van der Waals surface area (Å²) in [7, 11) is 0. The Bertz CT molecular complexity index is 2520. The van der Waals surface area contributed by atoms with Crippen LogP contribution in [0.1, 0.15) is 0 Å². The summed E-state index contributed by atoms with van der Waals surface area (Å²) in [6.07, 6.45) is 0. The van der Waals surface area contributed by atoms with Crippen LogP contribution in [-0.2, 0) is 0 Å². The predicted octanol–water partition coefficient (Wildman–Crippen LogP) is 10.7. The monoisotopic (exact) mass is 575 g/mol. The van der Waals surface area contributed by atoms with Crippen LogP contribution in [0, 0.1) is 0 Å². The van der Waals surface area contributed by atoms with E-state index in [4.69, 9.17) is 19.4 Å². The van der Waals surface area contributed by atoms with Gasteiger partial charge in [0.2, 0.25) is 0 Å². The summed E-state index contributed by atoms with van der Waals surface area (Å²) in [6.45, 7) is 0. The van der Waals surface area contributed by atoms with Crippen LogP contribution in [0.15, 0.2) is 156 Å². The van der Waals surface area contributed by atoms with Gasteiger partial charge in [-0.3, -0.25) is 0 Å². The molecule has 4 nitrogen and oxygen atoms in total. The van der Waals surface area contributed by atoms with E-state index in [2.05, 4.69) is 109 Å². The molecule has 0 spiro atoms. The lowest BCUT2D eigenvalue weighted by Gasteiger charge is -2.09. The van der Waals surface area contributed by atoms with Crippen LogP contribution in [0.25, 0.3) is 88.8 Å². The van der Waals surface area contributed by atoms with Crippen LogP contribution in [-0.4, -0.2) is 15.0 Å². The first-order valence-corrected chi connectivity index (χ1v) is 15.0. The molecule has 0 fully saturated rings. The average Bonchev–Trinajstić information content (AvgIpc) is 3.51. The second-order valence-corrected chi connectivity index (χ2v) is 11.2. The molecule has 9 rings (SSSR count). The lowest BCUT2D eigenvalue weighted by Crippen LogP contribution is -2.00. The van der Waals surface area contributed by atoms with Crippen LogP contribution in [0.5, 0.6) is 0 Å². The molecule has 210 valence electrons. The Morgan fingerprint density at radius 2 is 0.867 bits per heavy atom. The molecule has 0 unspecified atom stereocenters. The molecule has 2 aromatic heterocycles. The Kier molecular flexibility index (Phi) is 5.78. The van der Waals surface area contributed by atoms with Crippen molar-refractivity contribution in [2.75, 3.05) is 0 Å². The van der Waals surface area contributed by atoms with Crippen molar-refractivity contribution in [1.29, 1.82) is 0 Å². The van der Waals surface area contributed by atoms with Crippen molar-refractivity contribution in [1.82, 2.24) is 15.0 Å². The smallest absolute Gasteiger partial charge is 0.167 e. The van der Waals surface area contributed by atoms with E-state index in [-0.39, 0.29) is 0 Å². The predicted molar refractivity (Wildman–Crippen MR) is 184 cm³/mol. The molecule has 7 aromatic carbocycles. The van der Waals surface area contributed by atoms with Gasteiger partial charge < -0.3 is 4.42 Å². The van der Waals surface area contributed by atoms with Gasteiger partial charge in [0.15, 0.2) is 17.5 Å². The van der Waals surface area contributed by atoms with Crippen LogP contribution in [0.2, 0.25) is 0 Å². The van der Waals surface area contributed by atoms with Crippen molar-refractivity contribution in [3.63, 3.8) is 0 Å². The van der Waals surface area contributed by atoms with Crippen molar-refractivity contribution < 1.29 is 4.42 Å². The van der Waals surface area contributed by atoms with Crippen molar-refractivity contribution in [2.45, 2.75) is 0 Å². The van der Waals surface area contributed by atoms with Crippen LogP contribution < -0.4 is 0 Å². The highest BCUT2D eigenvalue weighted by Crippen LogP contribution is 2.40. The number of benzene rings is 7. The van der Waals surface area contributed by atoms with Gasteiger partial charge in [0.1, 0.15) is 11.2 Å². The molecule has 9 aromatic rings. The topological polar surface area (TPSA) is 51.8 Å². The lowest BCUT2D eigenvalue weighted by atomic mass is 9.99. The molecule has 0 aliphatic heterocycles. The van der Waals surface area contributed by atoms with E-state index in [1.165, 1.54) is 16.3 Å². The largest absolute Gasteiger partial charge is 0.455 e. The van der Waals surface area contributed by atoms with Gasteiger partial charge in [0.25, 0.3) is 0 Å². The van der Waals surface area contributed by atoms with Gasteiger partial charge in [-0.2, -0.15) is 0 Å². The highest BCUT2D eigenvalue weighted by molar-refractivity contribution is 6.23. The van der Waals surface area contributed by atoms with Crippen LogP contribution >= 0.6 is 0 Å². The Balaban J connectivity index is 1.26. The Morgan fingerprint density at radius 3 is 1.64 bits per heavy atom. The summed E-state index contributed by atoms with van der Waals surface area (Å²) >= 11 is 0. The zero-order chi connectivity index (χ0) is 29.7. The van der Waals surface area contributed by atoms with E-state index in [0.29, 0.717) is 17.5 Å². The summed E-state index contributed by atoms with van der Waals surface area (Å²) in [5, 5.41) is 6.74. The van der Waals surface area contributed by atoms with Crippen molar-refractivity contribution in [3.05, 3.63) is 152 Å². The number of hydrogen-bond acceptors (Lipinski definition) is 4. The molecule has 45 heavy (non-hydrogen) atoms. The van der Waals surface area contributed by atoms with Gasteiger partial charge in [-0.25, -0.2) is 15.0 Å². The molecule has 0 aliphatic carbocycles. The van der Waals surface area contributed by atoms with Crippen molar-refractivity contribution >= 4 is 43.5 Å². The van der Waals surface area contributed by atoms with Crippen molar-refractivity contribution in [2.24, 2.45) is 0 Å². The first kappa shape index (κ1) is 25.4. The number of fused-ring (bicyclic) bond motifs is 7. The second kappa shape index (κ2) is 10.2. The standard InChI is InChI=1S/C41H25N3O/c1-3-10-26(11-4-1)27-18-22-31(23-19-27)40-42-39(30-13-5-2-6-14-30)43-41(44-40)35-17-9-16-33-34-25-24-29-21-20-28-12-7-8-15-32(28)36(29)38(34)45-37(33)35/h1-25H. The molecular weight excluding hydrogens is 550 g/mol. The van der Waals surface area contributed by atoms with Crippen molar-refractivity contribution in [3.8, 4) is 45.3 Å². The van der Waals surface area contributed by atoms with Gasteiger partial charge in [-0.05, 0) is 39.4 Å². The average molecular weight is 576 g/mol. The third-order valence-electron chi connectivity index (χ3n) is 8.53. The minimum atomic E-state index is 0.574. The van der Waals surface area contributed by atoms with Gasteiger partial charge in [-0.1, -0.05) is 140 Å². The molecule has 0 radical (unpaired) electrons. The van der Waals surface area contributed by atoms with E-state index in [1.807, 2.05) is 42.5 Å². The fourth-order valence-electron chi connectivity index (χ4n) is 6.30. The minimum absolute atomic E-state index is 0.574. The summed E-state index contributed by atoms with van der Waals surface area (Å²) in [4.78, 5) is 15.0. The number of rotatable bonds is 4. The lowest BCUT2D eigenvalue weighted by molar-refractivity contribution is 0.673. The summed E-state index contributed by atoms with van der Waals surface area (Å²) in [6, 6.07) is 52.2. The fraction of sp³-hybridized carbons (Fsp3) is 0. The Labute approximate surface area is 259 Å². The molecule has 0 amide bonds. The number of furan rings is 1. The number of nitrogens with zero attached hydrogens (tertiary/aromatic N) is 3. The van der Waals surface area contributed by atoms with E-state index in [0.717, 1.165) is 55.0 Å². The fourth-order valence-corrected chi connectivity index (χ4v) is 6.30. The van der Waals surface area contributed by atoms with Gasteiger partial charge in [0, 0.05) is 27.3 Å². The van der Waals surface area contributed by atoms with E-state index >= 15 is 0 Å². The van der Waals surface area contributed by atoms with Gasteiger partial charge in [0.05, 0.1) is 5.56 Å². The Hall–Kier alpha value is -6.13. The van der Waals surface area contributed by atoms with Gasteiger partial charge >= 0.3 is 0 Å². The molecule has 2 heterocycles. The number of hydrogen-bond donors (Lipinski definition) is 0. The summed E-state index contributed by atoms with van der Waals surface area (Å²) in [5.74, 6) is 1.81. The molecule has 0 N–H and O–H groups in total. The SMILES string of the molecule is c1ccc(-c2ccc(-c3nc(-c4ccccc4)nc(-c4cccc5c4oc4c5ccc5ccc6ccccc6c54)n3)cc2)cc1. The number of para-hydroxylation sites is 1. The zero-order valence-corrected chi connectivity index (χ0v) is 24.2. The second-order valence-electron chi connectivity index (χ2n) is 11.2. The molecule has 0 atom stereocenters. The normalized spacial score (nSPS) is 11.6. The first-order chi connectivity index (χ1) is 22.3. The third kappa shape index (κ3) is 4.27. The Morgan fingerprint density at radius 1 is 0.333 bits per heavy atom. The first-order valence-electron chi connectivity index (χ1n) is 15.0. The number of aromatic nitrogens is 3. The maximum Gasteiger partial charge on any atom is 0.167 e. The minimum Gasteiger partial charge on any atom is -0.455 e. The quantitative estimate of drug-likeness (QED) is 0.196. The summed E-state index contributed by atoms with van der Waals surface area (Å²) < 4.78 is 6.81. The van der Waals surface area contributed by atoms with Crippen LogP contribution in [0.4, 0.5) is 0 Å². The van der Waals surface area contributed by atoms with E-state index in [1.54, 1.807) is 0 Å². The van der Waals surface area contributed by atoms with Gasteiger partial charge in [-0.15, -0.1) is 0 Å². The summed E-state index contributed by atoms with van der Waals surface area (Å²) in [5.41, 5.74) is 6.64. The zero-order valence-electron chi connectivity index (χ0n) is 24.2. The molecule has 0 saturated carbocycles. The molecule has 0 aliphatic rings. The third-order valence-corrected chi connectivity index (χ3v) is 8.53. The highest BCUT2D eigenvalue weighted by atomic mass is 16.3. The molecular formula is C41H25N3O. The van der Waals surface area contributed by atoms with Crippen LogP contribution in [0.3, 0.4) is 0 Å². The van der Waals surface area contributed by atoms with E-state index < -0.39 is 0 Å². The van der Waals surface area contributed by atoms with E-state index in [9.17, 15) is 0 Å². The maximum absolute atomic E-state index is 6.81. The molecule has 4 heteroatoms. The highest BCUT2D eigenvalue weighted by Gasteiger charge is 2.19. The molecule has 0 bridgehead atoms.